The first-order valence-corrected chi connectivity index (χ1v) is 7.39. The highest BCUT2D eigenvalue weighted by atomic mass is 16.5. The maximum atomic E-state index is 12.2. The number of aromatic amines is 1. The number of nitrogens with one attached hydrogen (secondary N) is 1. The van der Waals surface area contributed by atoms with Gasteiger partial charge in [0.1, 0.15) is 12.3 Å². The third-order valence-corrected chi connectivity index (χ3v) is 3.71. The van der Waals surface area contributed by atoms with Crippen molar-refractivity contribution in [2.45, 2.75) is 27.4 Å². The summed E-state index contributed by atoms with van der Waals surface area (Å²) in [4.78, 5) is 38.3. The van der Waals surface area contributed by atoms with Gasteiger partial charge in [-0.3, -0.25) is 4.79 Å². The van der Waals surface area contributed by atoms with Crippen LogP contribution in [0, 0.1) is 13.8 Å². The van der Waals surface area contributed by atoms with E-state index in [1.807, 2.05) is 0 Å². The largest absolute Gasteiger partial charge is 0.465 e. The van der Waals surface area contributed by atoms with Crippen molar-refractivity contribution >= 4 is 17.7 Å². The first-order valence-electron chi connectivity index (χ1n) is 7.39. The molecule has 0 aliphatic rings. The highest BCUT2D eigenvalue weighted by molar-refractivity contribution is 6.01. The van der Waals surface area contributed by atoms with Crippen molar-refractivity contribution in [1.29, 1.82) is 0 Å². The fourth-order valence-electron chi connectivity index (χ4n) is 2.61. The van der Waals surface area contributed by atoms with Crippen molar-refractivity contribution in [1.82, 2.24) is 4.98 Å². The zero-order valence-electron chi connectivity index (χ0n) is 14.1. The van der Waals surface area contributed by atoms with Gasteiger partial charge in [0, 0.05) is 11.3 Å². The van der Waals surface area contributed by atoms with Gasteiger partial charge < -0.3 is 14.5 Å². The van der Waals surface area contributed by atoms with Crippen molar-refractivity contribution in [3.8, 4) is 0 Å². The second-order valence-electron chi connectivity index (χ2n) is 5.45. The monoisotopic (exact) mass is 329 g/mol. The van der Waals surface area contributed by atoms with Crippen LogP contribution in [0.5, 0.6) is 0 Å². The molecule has 0 radical (unpaired) electrons. The van der Waals surface area contributed by atoms with Gasteiger partial charge in [-0.25, -0.2) is 9.59 Å². The molecule has 24 heavy (non-hydrogen) atoms. The van der Waals surface area contributed by atoms with Crippen molar-refractivity contribution in [2.24, 2.45) is 0 Å². The molecule has 0 saturated carbocycles. The standard InChI is InChI=1S/C18H19NO5/c1-10-15(12(3)20)11(2)19-16(10)18(22)24-9-13-6-5-7-14(8-13)17(21)23-4/h5-8,19H,9H2,1-4H3. The van der Waals surface area contributed by atoms with E-state index >= 15 is 0 Å². The highest BCUT2D eigenvalue weighted by Gasteiger charge is 2.20. The summed E-state index contributed by atoms with van der Waals surface area (Å²) in [5.41, 5.74) is 3.04. The number of rotatable bonds is 5. The zero-order chi connectivity index (χ0) is 17.9. The molecular weight excluding hydrogens is 310 g/mol. The number of hydrogen-bond acceptors (Lipinski definition) is 5. The number of esters is 2. The van der Waals surface area contributed by atoms with Crippen molar-refractivity contribution in [2.75, 3.05) is 7.11 Å². The highest BCUT2D eigenvalue weighted by Crippen LogP contribution is 2.19. The minimum atomic E-state index is -0.549. The van der Waals surface area contributed by atoms with E-state index in [1.165, 1.54) is 14.0 Å². The van der Waals surface area contributed by atoms with E-state index < -0.39 is 11.9 Å². The van der Waals surface area contributed by atoms with Gasteiger partial charge in [0.2, 0.25) is 0 Å². The Morgan fingerprint density at radius 2 is 1.83 bits per heavy atom. The van der Waals surface area contributed by atoms with Crippen molar-refractivity contribution < 1.29 is 23.9 Å². The normalized spacial score (nSPS) is 10.3. The SMILES string of the molecule is COC(=O)c1cccc(COC(=O)c2[nH]c(C)c(C(C)=O)c2C)c1. The lowest BCUT2D eigenvalue weighted by Gasteiger charge is -2.06. The molecule has 1 aromatic heterocycles. The summed E-state index contributed by atoms with van der Waals surface area (Å²) in [7, 11) is 1.30. The molecule has 2 rings (SSSR count). The lowest BCUT2D eigenvalue weighted by molar-refractivity contribution is 0.0465. The van der Waals surface area contributed by atoms with Crippen LogP contribution in [0.15, 0.2) is 24.3 Å². The van der Waals surface area contributed by atoms with Gasteiger partial charge in [-0.15, -0.1) is 0 Å². The summed E-state index contributed by atoms with van der Waals surface area (Å²) in [6, 6.07) is 6.66. The van der Waals surface area contributed by atoms with E-state index in [4.69, 9.17) is 4.74 Å². The average molecular weight is 329 g/mol. The minimum Gasteiger partial charge on any atom is -0.465 e. The summed E-state index contributed by atoms with van der Waals surface area (Å²) in [6.07, 6.45) is 0. The number of carbonyl (C=O) groups is 3. The van der Waals surface area contributed by atoms with E-state index in [1.54, 1.807) is 38.1 Å². The van der Waals surface area contributed by atoms with Crippen LogP contribution in [0.3, 0.4) is 0 Å². The number of aromatic nitrogens is 1. The molecule has 0 fully saturated rings. The van der Waals surface area contributed by atoms with Crippen molar-refractivity contribution in [3.63, 3.8) is 0 Å². The number of aryl methyl sites for hydroxylation is 1. The average Bonchev–Trinajstić information content (AvgIpc) is 2.86. The topological polar surface area (TPSA) is 85.5 Å². The van der Waals surface area contributed by atoms with Crippen LogP contribution in [0.4, 0.5) is 0 Å². The van der Waals surface area contributed by atoms with Crippen LogP contribution in [0.1, 0.15) is 54.9 Å². The molecular formula is C18H19NO5. The smallest absolute Gasteiger partial charge is 0.355 e. The number of ether oxygens (including phenoxy) is 2. The van der Waals surface area contributed by atoms with Gasteiger partial charge in [0.25, 0.3) is 0 Å². The summed E-state index contributed by atoms with van der Waals surface area (Å²) in [6.45, 7) is 4.90. The Hall–Kier alpha value is -2.89. The number of benzene rings is 1. The molecule has 1 N–H and O–H groups in total. The van der Waals surface area contributed by atoms with Crippen LogP contribution in [-0.4, -0.2) is 29.8 Å². The Morgan fingerprint density at radius 3 is 2.42 bits per heavy atom. The molecule has 2 aromatic rings. The van der Waals surface area contributed by atoms with Gasteiger partial charge in [-0.1, -0.05) is 12.1 Å². The molecule has 126 valence electrons. The second-order valence-corrected chi connectivity index (χ2v) is 5.45. The third-order valence-electron chi connectivity index (χ3n) is 3.71. The molecule has 0 aliphatic heterocycles. The Morgan fingerprint density at radius 1 is 1.12 bits per heavy atom. The molecule has 0 amide bonds. The van der Waals surface area contributed by atoms with Gasteiger partial charge in [0.15, 0.2) is 5.78 Å². The van der Waals surface area contributed by atoms with E-state index in [-0.39, 0.29) is 18.1 Å². The van der Waals surface area contributed by atoms with Gasteiger partial charge in [-0.2, -0.15) is 0 Å². The molecule has 0 aliphatic carbocycles. The number of methoxy groups -OCH3 is 1. The molecule has 6 heteroatoms. The number of hydrogen-bond donors (Lipinski definition) is 1. The molecule has 1 aromatic carbocycles. The van der Waals surface area contributed by atoms with Gasteiger partial charge in [0.05, 0.1) is 12.7 Å². The molecule has 6 nitrogen and oxygen atoms in total. The number of carbonyl (C=O) groups excluding carboxylic acids is 3. The Bertz CT molecular complexity index is 804. The van der Waals surface area contributed by atoms with Crippen LogP contribution in [0.25, 0.3) is 0 Å². The summed E-state index contributed by atoms with van der Waals surface area (Å²) in [5.74, 6) is -1.11. The molecule has 0 saturated heterocycles. The van der Waals surface area contributed by atoms with E-state index in [0.717, 1.165) is 0 Å². The minimum absolute atomic E-state index is 0.0105. The van der Waals surface area contributed by atoms with Crippen LogP contribution < -0.4 is 0 Å². The van der Waals surface area contributed by atoms with Crippen LogP contribution >= 0.6 is 0 Å². The lowest BCUT2D eigenvalue weighted by atomic mass is 10.1. The van der Waals surface area contributed by atoms with Gasteiger partial charge in [-0.05, 0) is 44.0 Å². The quantitative estimate of drug-likeness (QED) is 0.673. The molecule has 0 unspecified atom stereocenters. The van der Waals surface area contributed by atoms with E-state index in [2.05, 4.69) is 9.72 Å². The lowest BCUT2D eigenvalue weighted by Crippen LogP contribution is -2.08. The first-order chi connectivity index (χ1) is 11.3. The Labute approximate surface area is 139 Å². The maximum Gasteiger partial charge on any atom is 0.355 e. The summed E-state index contributed by atoms with van der Waals surface area (Å²) < 4.78 is 9.93. The summed E-state index contributed by atoms with van der Waals surface area (Å²) >= 11 is 0. The van der Waals surface area contributed by atoms with Crippen LogP contribution in [-0.2, 0) is 16.1 Å². The predicted molar refractivity (Wildman–Crippen MR) is 87.2 cm³/mol. The number of ketones is 1. The summed E-state index contributed by atoms with van der Waals surface area (Å²) in [5, 5.41) is 0. The van der Waals surface area contributed by atoms with Crippen LogP contribution in [0.2, 0.25) is 0 Å². The van der Waals surface area contributed by atoms with Gasteiger partial charge >= 0.3 is 11.9 Å². The third kappa shape index (κ3) is 3.53. The fraction of sp³-hybridized carbons (Fsp3) is 0.278. The molecule has 1 heterocycles. The zero-order valence-corrected chi connectivity index (χ0v) is 14.1. The Kier molecular flexibility index (Phi) is 5.18. The first kappa shape index (κ1) is 17.5. The predicted octanol–water partition coefficient (Wildman–Crippen LogP) is 2.98. The number of Topliss-reactive ketones (excluding diaryl/α,β-unsaturated/α-hetero) is 1. The molecule has 0 spiro atoms. The number of H-pyrrole nitrogens is 1. The maximum absolute atomic E-state index is 12.2. The molecule has 0 bridgehead atoms. The second kappa shape index (κ2) is 7.12. The van der Waals surface area contributed by atoms with E-state index in [9.17, 15) is 14.4 Å². The van der Waals surface area contributed by atoms with E-state index in [0.29, 0.717) is 27.9 Å². The Balaban J connectivity index is 2.13. The van der Waals surface area contributed by atoms with Crippen molar-refractivity contribution in [3.05, 3.63) is 57.9 Å². The fourth-order valence-corrected chi connectivity index (χ4v) is 2.61. The molecule has 0 atom stereocenters.